The molecule has 2 fully saturated rings. The van der Waals surface area contributed by atoms with Crippen LogP contribution in [0, 0.1) is 0 Å². The molecule has 1 saturated heterocycles. The molecule has 25 heavy (non-hydrogen) atoms. The number of ether oxygens (including phenoxy) is 1. The SMILES string of the molecule is c1ccc(N2CCOCC2)c(Nc2ccnc(NC3CCCC3)n2)c1. The van der Waals surface area contributed by atoms with Crippen LogP contribution in [-0.4, -0.2) is 42.3 Å². The quantitative estimate of drug-likeness (QED) is 0.870. The first-order valence-corrected chi connectivity index (χ1v) is 9.17. The average Bonchev–Trinajstić information content (AvgIpc) is 3.16. The van der Waals surface area contributed by atoms with Crippen LogP contribution in [0.15, 0.2) is 36.5 Å². The lowest BCUT2D eigenvalue weighted by molar-refractivity contribution is 0.123. The number of hydrogen-bond acceptors (Lipinski definition) is 6. The van der Waals surface area contributed by atoms with E-state index in [2.05, 4.69) is 43.7 Å². The minimum absolute atomic E-state index is 0.510. The molecule has 1 saturated carbocycles. The van der Waals surface area contributed by atoms with E-state index in [0.29, 0.717) is 12.0 Å². The van der Waals surface area contributed by atoms with Crippen molar-refractivity contribution in [1.29, 1.82) is 0 Å². The third kappa shape index (κ3) is 4.02. The van der Waals surface area contributed by atoms with Crippen molar-refractivity contribution >= 4 is 23.1 Å². The van der Waals surface area contributed by atoms with Crippen molar-refractivity contribution in [2.75, 3.05) is 41.8 Å². The predicted molar refractivity (Wildman–Crippen MR) is 101 cm³/mol. The lowest BCUT2D eigenvalue weighted by atomic mass is 10.2. The van der Waals surface area contributed by atoms with Gasteiger partial charge >= 0.3 is 0 Å². The second-order valence-electron chi connectivity index (χ2n) is 6.63. The summed E-state index contributed by atoms with van der Waals surface area (Å²) in [4.78, 5) is 11.4. The number of nitrogens with zero attached hydrogens (tertiary/aromatic N) is 3. The van der Waals surface area contributed by atoms with Gasteiger partial charge in [-0.05, 0) is 31.0 Å². The predicted octanol–water partition coefficient (Wildman–Crippen LogP) is 3.41. The number of morpholine rings is 1. The molecule has 1 aliphatic heterocycles. The summed E-state index contributed by atoms with van der Waals surface area (Å²) in [7, 11) is 0. The van der Waals surface area contributed by atoms with Gasteiger partial charge in [-0.15, -0.1) is 0 Å². The number of aromatic nitrogens is 2. The number of benzene rings is 1. The van der Waals surface area contributed by atoms with Gasteiger partial charge in [0.25, 0.3) is 0 Å². The van der Waals surface area contributed by atoms with Crippen molar-refractivity contribution in [2.24, 2.45) is 0 Å². The summed E-state index contributed by atoms with van der Waals surface area (Å²) in [5, 5.41) is 6.92. The van der Waals surface area contributed by atoms with E-state index in [4.69, 9.17) is 4.74 Å². The number of rotatable bonds is 5. The Hall–Kier alpha value is -2.34. The molecule has 0 amide bonds. The topological polar surface area (TPSA) is 62.3 Å². The summed E-state index contributed by atoms with van der Waals surface area (Å²) in [6, 6.07) is 10.8. The van der Waals surface area contributed by atoms with Gasteiger partial charge in [0, 0.05) is 25.3 Å². The van der Waals surface area contributed by atoms with Crippen LogP contribution in [0.3, 0.4) is 0 Å². The molecule has 4 rings (SSSR count). The Labute approximate surface area is 148 Å². The van der Waals surface area contributed by atoms with Crippen LogP contribution in [0.5, 0.6) is 0 Å². The molecule has 6 nitrogen and oxygen atoms in total. The minimum atomic E-state index is 0.510. The number of nitrogens with one attached hydrogen (secondary N) is 2. The molecule has 1 aliphatic carbocycles. The molecule has 1 aromatic carbocycles. The van der Waals surface area contributed by atoms with Gasteiger partial charge in [-0.25, -0.2) is 4.98 Å². The van der Waals surface area contributed by atoms with Crippen molar-refractivity contribution in [3.63, 3.8) is 0 Å². The summed E-state index contributed by atoms with van der Waals surface area (Å²) in [5.74, 6) is 1.52. The summed E-state index contributed by atoms with van der Waals surface area (Å²) in [6.45, 7) is 3.38. The summed E-state index contributed by atoms with van der Waals surface area (Å²) < 4.78 is 5.47. The highest BCUT2D eigenvalue weighted by Gasteiger charge is 2.17. The molecule has 6 heteroatoms. The zero-order chi connectivity index (χ0) is 16.9. The molecule has 1 aromatic heterocycles. The maximum absolute atomic E-state index is 5.47. The molecule has 0 bridgehead atoms. The van der Waals surface area contributed by atoms with Crippen LogP contribution in [0.1, 0.15) is 25.7 Å². The highest BCUT2D eigenvalue weighted by molar-refractivity contribution is 5.74. The lowest BCUT2D eigenvalue weighted by Crippen LogP contribution is -2.36. The van der Waals surface area contributed by atoms with Crippen LogP contribution in [0.25, 0.3) is 0 Å². The maximum atomic E-state index is 5.47. The molecule has 0 spiro atoms. The van der Waals surface area contributed by atoms with E-state index in [1.807, 2.05) is 18.3 Å². The molecule has 0 unspecified atom stereocenters. The molecule has 2 heterocycles. The Bertz CT molecular complexity index is 696. The third-order valence-corrected chi connectivity index (χ3v) is 4.86. The van der Waals surface area contributed by atoms with Gasteiger partial charge in [0.15, 0.2) is 0 Å². The van der Waals surface area contributed by atoms with E-state index in [9.17, 15) is 0 Å². The standard InChI is InChI=1S/C19H25N5O/c1-2-6-15(5-1)21-19-20-10-9-18(23-19)22-16-7-3-4-8-17(16)24-11-13-25-14-12-24/h3-4,7-10,15H,1-2,5-6,11-14H2,(H2,20,21,22,23). The largest absolute Gasteiger partial charge is 0.378 e. The monoisotopic (exact) mass is 339 g/mol. The van der Waals surface area contributed by atoms with Gasteiger partial charge in [-0.1, -0.05) is 25.0 Å². The summed E-state index contributed by atoms with van der Waals surface area (Å²) in [5.41, 5.74) is 2.25. The fourth-order valence-corrected chi connectivity index (χ4v) is 3.55. The van der Waals surface area contributed by atoms with Gasteiger partial charge in [0.05, 0.1) is 24.6 Å². The first kappa shape index (κ1) is 16.1. The Morgan fingerprint density at radius 1 is 1.04 bits per heavy atom. The van der Waals surface area contributed by atoms with Gasteiger partial charge in [-0.3, -0.25) is 0 Å². The number of hydrogen-bond donors (Lipinski definition) is 2. The second-order valence-corrected chi connectivity index (χ2v) is 6.63. The Morgan fingerprint density at radius 3 is 2.68 bits per heavy atom. The molecular formula is C19H25N5O. The molecular weight excluding hydrogens is 314 g/mol. The van der Waals surface area contributed by atoms with Crippen LogP contribution in [-0.2, 0) is 4.74 Å². The van der Waals surface area contributed by atoms with E-state index in [-0.39, 0.29) is 0 Å². The summed E-state index contributed by atoms with van der Waals surface area (Å²) >= 11 is 0. The fraction of sp³-hybridized carbons (Fsp3) is 0.474. The normalized spacial score (nSPS) is 18.3. The molecule has 132 valence electrons. The summed E-state index contributed by atoms with van der Waals surface area (Å²) in [6.07, 6.45) is 6.82. The first-order chi connectivity index (χ1) is 12.4. The zero-order valence-electron chi connectivity index (χ0n) is 14.4. The average molecular weight is 339 g/mol. The third-order valence-electron chi connectivity index (χ3n) is 4.86. The Balaban J connectivity index is 1.50. The number of para-hydroxylation sites is 2. The highest BCUT2D eigenvalue weighted by atomic mass is 16.5. The van der Waals surface area contributed by atoms with Crippen molar-refractivity contribution in [1.82, 2.24) is 9.97 Å². The van der Waals surface area contributed by atoms with Crippen LogP contribution >= 0.6 is 0 Å². The molecule has 2 N–H and O–H groups in total. The maximum Gasteiger partial charge on any atom is 0.224 e. The van der Waals surface area contributed by atoms with Gasteiger partial charge in [0.1, 0.15) is 5.82 Å². The molecule has 2 aliphatic rings. The molecule has 0 atom stereocenters. The molecule has 0 radical (unpaired) electrons. The first-order valence-electron chi connectivity index (χ1n) is 9.17. The van der Waals surface area contributed by atoms with Gasteiger partial charge in [-0.2, -0.15) is 4.98 Å². The lowest BCUT2D eigenvalue weighted by Gasteiger charge is -2.30. The van der Waals surface area contributed by atoms with Crippen molar-refractivity contribution < 1.29 is 4.74 Å². The van der Waals surface area contributed by atoms with E-state index in [1.54, 1.807) is 0 Å². The Morgan fingerprint density at radius 2 is 1.84 bits per heavy atom. The fourth-order valence-electron chi connectivity index (χ4n) is 3.55. The smallest absolute Gasteiger partial charge is 0.224 e. The van der Waals surface area contributed by atoms with Crippen molar-refractivity contribution in [3.8, 4) is 0 Å². The van der Waals surface area contributed by atoms with E-state index in [1.165, 1.54) is 31.4 Å². The van der Waals surface area contributed by atoms with Crippen molar-refractivity contribution in [2.45, 2.75) is 31.7 Å². The van der Waals surface area contributed by atoms with Gasteiger partial charge < -0.3 is 20.3 Å². The van der Waals surface area contributed by atoms with E-state index >= 15 is 0 Å². The van der Waals surface area contributed by atoms with Crippen LogP contribution < -0.4 is 15.5 Å². The molecule has 2 aromatic rings. The van der Waals surface area contributed by atoms with Crippen LogP contribution in [0.2, 0.25) is 0 Å². The van der Waals surface area contributed by atoms with E-state index < -0.39 is 0 Å². The minimum Gasteiger partial charge on any atom is -0.378 e. The zero-order valence-corrected chi connectivity index (χ0v) is 14.4. The second kappa shape index (κ2) is 7.70. The van der Waals surface area contributed by atoms with Gasteiger partial charge in [0.2, 0.25) is 5.95 Å². The highest BCUT2D eigenvalue weighted by Crippen LogP contribution is 2.29. The number of anilines is 4. The van der Waals surface area contributed by atoms with E-state index in [0.717, 1.165) is 37.8 Å². The van der Waals surface area contributed by atoms with Crippen molar-refractivity contribution in [3.05, 3.63) is 36.5 Å². The van der Waals surface area contributed by atoms with Crippen LogP contribution in [0.4, 0.5) is 23.1 Å². The Kier molecular flexibility index (Phi) is 4.97.